The number of benzene rings is 1. The minimum absolute atomic E-state index is 0.0381. The van der Waals surface area contributed by atoms with Crippen molar-refractivity contribution in [2.45, 2.75) is 67.1 Å². The number of rotatable bonds is 7. The van der Waals surface area contributed by atoms with E-state index in [2.05, 4.69) is 0 Å². The van der Waals surface area contributed by atoms with Crippen LogP contribution in [0.15, 0.2) is 53.5 Å². The second-order valence-electron chi connectivity index (χ2n) is 10.1. The molecule has 42 heavy (non-hydrogen) atoms. The van der Waals surface area contributed by atoms with Crippen LogP contribution in [0.1, 0.15) is 12.0 Å². The molecule has 2 saturated heterocycles. The van der Waals surface area contributed by atoms with Gasteiger partial charge >= 0.3 is 0 Å². The molecule has 15 heteroatoms. The molecule has 3 aliphatic rings. The highest BCUT2D eigenvalue weighted by molar-refractivity contribution is 6.30. The number of hydrogen-bond donors (Lipinski definition) is 10. The highest BCUT2D eigenvalue weighted by Gasteiger charge is 2.62. The summed E-state index contributed by atoms with van der Waals surface area (Å²) in [6.07, 6.45) is -13.5. The van der Waals surface area contributed by atoms with Crippen molar-refractivity contribution in [3.8, 4) is 5.75 Å². The van der Waals surface area contributed by atoms with Crippen LogP contribution in [0.2, 0.25) is 0 Å². The fourth-order valence-electron chi connectivity index (χ4n) is 4.93. The van der Waals surface area contributed by atoms with E-state index in [9.17, 15) is 60.7 Å². The number of carbonyl (C=O) groups is 2. The predicted octanol–water partition coefficient (Wildman–Crippen LogP) is -3.33. The van der Waals surface area contributed by atoms with Crippen LogP contribution in [-0.4, -0.2) is 137 Å². The van der Waals surface area contributed by atoms with Crippen molar-refractivity contribution in [3.63, 3.8) is 0 Å². The van der Waals surface area contributed by atoms with Gasteiger partial charge in [0.15, 0.2) is 5.78 Å². The predicted molar refractivity (Wildman–Crippen MR) is 137 cm³/mol. The molecule has 2 heterocycles. The molecule has 0 spiro atoms. The fraction of sp³-hybridized carbons (Fsp3) is 0.481. The van der Waals surface area contributed by atoms with Gasteiger partial charge in [0.25, 0.3) is 0 Å². The van der Waals surface area contributed by atoms with Crippen LogP contribution in [0.25, 0.3) is 6.08 Å². The lowest BCUT2D eigenvalue weighted by atomic mass is 9.74. The molecule has 0 saturated carbocycles. The maximum Gasteiger partial charge on any atom is 0.214 e. The van der Waals surface area contributed by atoms with Gasteiger partial charge in [0.05, 0.1) is 19.3 Å². The van der Waals surface area contributed by atoms with E-state index >= 15 is 0 Å². The van der Waals surface area contributed by atoms with Gasteiger partial charge in [0.2, 0.25) is 17.7 Å². The van der Waals surface area contributed by atoms with Gasteiger partial charge in [-0.1, -0.05) is 18.2 Å². The second-order valence-corrected chi connectivity index (χ2v) is 10.1. The lowest BCUT2D eigenvalue weighted by molar-refractivity contribution is -0.278. The third-order valence-electron chi connectivity index (χ3n) is 7.32. The van der Waals surface area contributed by atoms with Gasteiger partial charge in [-0.05, 0) is 23.8 Å². The van der Waals surface area contributed by atoms with Gasteiger partial charge in [0.1, 0.15) is 65.6 Å². The number of aliphatic hydroxyl groups excluding tert-OH is 8. The molecular formula is C27H32O15. The first kappa shape index (κ1) is 31.7. The van der Waals surface area contributed by atoms with Crippen LogP contribution >= 0.6 is 0 Å². The van der Waals surface area contributed by atoms with Gasteiger partial charge in [-0.3, -0.25) is 9.59 Å². The Morgan fingerprint density at radius 2 is 1.55 bits per heavy atom. The summed E-state index contributed by atoms with van der Waals surface area (Å²) in [5.41, 5.74) is -3.74. The Morgan fingerprint density at radius 1 is 0.929 bits per heavy atom. The minimum Gasteiger partial charge on any atom is -0.508 e. The molecule has 0 aromatic heterocycles. The minimum atomic E-state index is -3.20. The van der Waals surface area contributed by atoms with E-state index in [1.165, 1.54) is 30.3 Å². The summed E-state index contributed by atoms with van der Waals surface area (Å²) in [5, 5.41) is 103. The SMILES string of the molecule is O=C1C=C(OC2CC(O)C(O)C(CO)O2)C(O)([C@@H]2O[C@H](CO)[C@@H](O)[C@H](O)[C@H]2O)C(=O)/C1=C(O)\C=C\c1ccc(O)cc1. The molecule has 0 amide bonds. The number of aliphatic hydroxyl groups is 9. The molecule has 230 valence electrons. The summed E-state index contributed by atoms with van der Waals surface area (Å²) in [6.45, 7) is -1.69. The zero-order valence-corrected chi connectivity index (χ0v) is 21.9. The van der Waals surface area contributed by atoms with Gasteiger partial charge in [-0.2, -0.15) is 0 Å². The Morgan fingerprint density at radius 3 is 2.17 bits per heavy atom. The number of phenols is 1. The van der Waals surface area contributed by atoms with Crippen LogP contribution in [-0.2, 0) is 23.8 Å². The van der Waals surface area contributed by atoms with E-state index in [1.807, 2.05) is 0 Å². The molecule has 2 fully saturated rings. The maximum atomic E-state index is 13.8. The van der Waals surface area contributed by atoms with Gasteiger partial charge in [0, 0.05) is 12.5 Å². The first-order valence-corrected chi connectivity index (χ1v) is 12.9. The third-order valence-corrected chi connectivity index (χ3v) is 7.32. The highest BCUT2D eigenvalue weighted by Crippen LogP contribution is 2.40. The molecule has 5 unspecified atom stereocenters. The molecule has 1 aromatic carbocycles. The van der Waals surface area contributed by atoms with Crippen molar-refractivity contribution in [1.29, 1.82) is 0 Å². The Balaban J connectivity index is 1.78. The van der Waals surface area contributed by atoms with E-state index in [0.717, 1.165) is 6.08 Å². The first-order valence-electron chi connectivity index (χ1n) is 12.9. The number of ether oxygens (including phenoxy) is 3. The van der Waals surface area contributed by atoms with Gasteiger partial charge in [-0.25, -0.2) is 0 Å². The largest absolute Gasteiger partial charge is 0.508 e. The molecule has 2 aliphatic heterocycles. The van der Waals surface area contributed by atoms with Gasteiger partial charge < -0.3 is 65.3 Å². The number of phenolic OH excluding ortho intramolecular Hbond substituents is 1. The van der Waals surface area contributed by atoms with Crippen molar-refractivity contribution < 1.29 is 74.9 Å². The van der Waals surface area contributed by atoms with Crippen molar-refractivity contribution in [2.75, 3.05) is 13.2 Å². The summed E-state index contributed by atoms with van der Waals surface area (Å²) in [7, 11) is 0. The van der Waals surface area contributed by atoms with E-state index in [4.69, 9.17) is 14.2 Å². The molecule has 10 atom stereocenters. The molecular weight excluding hydrogens is 564 g/mol. The number of Topliss-reactive ketones (excluding diaryl/α,β-unsaturated/α-hetero) is 1. The highest BCUT2D eigenvalue weighted by atomic mass is 16.7. The van der Waals surface area contributed by atoms with Crippen LogP contribution in [0.5, 0.6) is 5.75 Å². The van der Waals surface area contributed by atoms with Gasteiger partial charge in [-0.15, -0.1) is 0 Å². The molecule has 1 aromatic rings. The van der Waals surface area contributed by atoms with Crippen molar-refractivity contribution in [1.82, 2.24) is 0 Å². The smallest absolute Gasteiger partial charge is 0.214 e. The van der Waals surface area contributed by atoms with E-state index < -0.39 is 109 Å². The third kappa shape index (κ3) is 5.84. The van der Waals surface area contributed by atoms with Crippen LogP contribution < -0.4 is 0 Å². The average Bonchev–Trinajstić information content (AvgIpc) is 2.96. The van der Waals surface area contributed by atoms with Crippen molar-refractivity contribution >= 4 is 17.6 Å². The Bertz CT molecular complexity index is 1250. The molecule has 15 nitrogen and oxygen atoms in total. The fourth-order valence-corrected chi connectivity index (χ4v) is 4.93. The van der Waals surface area contributed by atoms with E-state index in [0.29, 0.717) is 11.6 Å². The molecule has 1 aliphatic carbocycles. The number of aromatic hydroxyl groups is 1. The van der Waals surface area contributed by atoms with Crippen molar-refractivity contribution in [3.05, 3.63) is 59.1 Å². The molecule has 4 rings (SSSR count). The summed E-state index contributed by atoms with van der Waals surface area (Å²) in [6, 6.07) is 5.60. The summed E-state index contributed by atoms with van der Waals surface area (Å²) < 4.78 is 16.3. The Hall–Kier alpha value is -3.22. The quantitative estimate of drug-likeness (QED) is 0.0838. The Labute approximate surface area is 238 Å². The topological polar surface area (TPSA) is 264 Å². The molecule has 0 radical (unpaired) electrons. The summed E-state index contributed by atoms with van der Waals surface area (Å²) in [4.78, 5) is 26.9. The number of hydrogen-bond acceptors (Lipinski definition) is 15. The van der Waals surface area contributed by atoms with Crippen molar-refractivity contribution in [2.24, 2.45) is 0 Å². The number of allylic oxidation sites excluding steroid dienone is 2. The maximum absolute atomic E-state index is 13.8. The monoisotopic (exact) mass is 596 g/mol. The second kappa shape index (κ2) is 12.6. The Kier molecular flexibility index (Phi) is 9.49. The number of carbonyl (C=O) groups excluding carboxylic acids is 2. The summed E-state index contributed by atoms with van der Waals surface area (Å²) in [5.74, 6) is -4.61. The zero-order chi connectivity index (χ0) is 30.9. The lowest BCUT2D eigenvalue weighted by Gasteiger charge is -2.48. The van der Waals surface area contributed by atoms with Crippen LogP contribution in [0, 0.1) is 0 Å². The van der Waals surface area contributed by atoms with Crippen LogP contribution in [0.3, 0.4) is 0 Å². The molecule has 0 bridgehead atoms. The number of ketones is 2. The standard InChI is InChI=1S/C27H32O15/c28-9-16-21(34)15(33)8-19(40-16)42-18-7-14(32)20(13(31)6-3-11-1-4-12(30)5-2-11)25(38)27(18,39)26-24(37)23(36)22(35)17(10-29)41-26/h1-7,15-17,19,21-24,26,28-31,33-37,39H,8-10H2/b6-3+,20-13+/t15?,16?,17-,19?,21?,22-,23+,24-,26-,27?/m1/s1. The van der Waals surface area contributed by atoms with E-state index in [1.54, 1.807) is 0 Å². The first-order chi connectivity index (χ1) is 19.8. The molecule has 10 N–H and O–H groups in total. The normalized spacial score (nSPS) is 38.9. The zero-order valence-electron chi connectivity index (χ0n) is 21.9. The van der Waals surface area contributed by atoms with Crippen LogP contribution in [0.4, 0.5) is 0 Å². The summed E-state index contributed by atoms with van der Waals surface area (Å²) >= 11 is 0. The average molecular weight is 597 g/mol. The lowest BCUT2D eigenvalue weighted by Crippen LogP contribution is -2.69. The van der Waals surface area contributed by atoms with E-state index in [-0.39, 0.29) is 5.75 Å².